The van der Waals surface area contributed by atoms with E-state index in [1.54, 1.807) is 12.3 Å². The summed E-state index contributed by atoms with van der Waals surface area (Å²) in [7, 11) is 0. The van der Waals surface area contributed by atoms with E-state index in [0.29, 0.717) is 6.61 Å². The third-order valence-corrected chi connectivity index (χ3v) is 4.90. The Hall–Kier alpha value is -3.01. The third-order valence-electron chi connectivity index (χ3n) is 4.90. The van der Waals surface area contributed by atoms with Crippen molar-refractivity contribution in [1.82, 2.24) is 5.32 Å². The number of rotatable bonds is 6. The van der Waals surface area contributed by atoms with Gasteiger partial charge in [-0.15, -0.1) is 0 Å². The minimum absolute atomic E-state index is 0.0872. The molecule has 0 saturated carbocycles. The second kappa shape index (κ2) is 8.56. The van der Waals surface area contributed by atoms with Crippen molar-refractivity contribution in [1.29, 1.82) is 0 Å². The lowest BCUT2D eigenvalue weighted by molar-refractivity contribution is -0.116. The molecule has 1 amide bonds. The van der Waals surface area contributed by atoms with Crippen LogP contribution in [0.5, 0.6) is 5.75 Å². The molecule has 0 aliphatic rings. The van der Waals surface area contributed by atoms with E-state index >= 15 is 0 Å². The molecule has 29 heavy (non-hydrogen) atoms. The van der Waals surface area contributed by atoms with Crippen molar-refractivity contribution in [3.8, 4) is 16.9 Å². The van der Waals surface area contributed by atoms with Gasteiger partial charge >= 0.3 is 0 Å². The largest absolute Gasteiger partial charge is 0.493 e. The van der Waals surface area contributed by atoms with Gasteiger partial charge in [-0.05, 0) is 58.7 Å². The van der Waals surface area contributed by atoms with Crippen LogP contribution in [0.25, 0.3) is 27.7 Å². The highest BCUT2D eigenvalue weighted by Gasteiger charge is 2.19. The van der Waals surface area contributed by atoms with Crippen molar-refractivity contribution in [2.75, 3.05) is 6.61 Å². The average molecular weight is 392 g/mol. The Morgan fingerprint density at radius 1 is 1.21 bits per heavy atom. The van der Waals surface area contributed by atoms with Gasteiger partial charge in [0.2, 0.25) is 5.91 Å². The topological polar surface area (TPSA) is 51.5 Å². The third kappa shape index (κ3) is 4.37. The Bertz CT molecular complexity index is 1060. The van der Waals surface area contributed by atoms with E-state index in [1.807, 2.05) is 34.6 Å². The van der Waals surface area contributed by atoms with Gasteiger partial charge in [0.15, 0.2) is 0 Å². The molecule has 1 aromatic heterocycles. The second-order valence-electron chi connectivity index (χ2n) is 7.69. The normalized spacial score (nSPS) is 11.9. The summed E-state index contributed by atoms with van der Waals surface area (Å²) >= 11 is 0. The molecule has 1 heterocycles. The summed E-state index contributed by atoms with van der Waals surface area (Å²) in [6.45, 7) is 12.4. The standard InChI is InChI=1S/C25H29NO3/c1-7-28-24-18(6)25-21(13-20(24)17(5)12-23(27)26-15(2)3)22(14-29-25)19-10-8-16(4)9-11-19/h8-15H,7H2,1-6H3,(H,26,27)/b17-12+. The van der Waals surface area contributed by atoms with Crippen LogP contribution < -0.4 is 10.1 Å². The molecule has 0 saturated heterocycles. The number of hydrogen-bond acceptors (Lipinski definition) is 3. The van der Waals surface area contributed by atoms with Gasteiger partial charge < -0.3 is 14.5 Å². The monoisotopic (exact) mass is 391 g/mol. The van der Waals surface area contributed by atoms with E-state index in [-0.39, 0.29) is 11.9 Å². The summed E-state index contributed by atoms with van der Waals surface area (Å²) in [5.41, 5.74) is 6.86. The van der Waals surface area contributed by atoms with Gasteiger partial charge in [-0.3, -0.25) is 4.79 Å². The Kier molecular flexibility index (Phi) is 6.12. The predicted molar refractivity (Wildman–Crippen MR) is 119 cm³/mol. The Morgan fingerprint density at radius 2 is 1.90 bits per heavy atom. The number of furan rings is 1. The summed E-state index contributed by atoms with van der Waals surface area (Å²) in [6, 6.07) is 10.5. The highest BCUT2D eigenvalue weighted by Crippen LogP contribution is 2.40. The molecule has 0 bridgehead atoms. The van der Waals surface area contributed by atoms with E-state index in [9.17, 15) is 4.79 Å². The molecule has 4 heteroatoms. The first-order chi connectivity index (χ1) is 13.8. The summed E-state index contributed by atoms with van der Waals surface area (Å²) < 4.78 is 11.9. The van der Waals surface area contributed by atoms with Crippen molar-refractivity contribution in [2.24, 2.45) is 0 Å². The van der Waals surface area contributed by atoms with Crippen LogP contribution in [0, 0.1) is 13.8 Å². The van der Waals surface area contributed by atoms with E-state index in [0.717, 1.165) is 44.5 Å². The molecule has 1 N–H and O–H groups in total. The van der Waals surface area contributed by atoms with Gasteiger partial charge in [0.1, 0.15) is 11.3 Å². The summed E-state index contributed by atoms with van der Waals surface area (Å²) in [5.74, 6) is 0.652. The van der Waals surface area contributed by atoms with E-state index in [4.69, 9.17) is 9.15 Å². The Labute approximate surface area is 172 Å². The number of carbonyl (C=O) groups excluding carboxylic acids is 1. The van der Waals surface area contributed by atoms with Crippen LogP contribution in [-0.2, 0) is 4.79 Å². The fourth-order valence-corrected chi connectivity index (χ4v) is 3.50. The number of aryl methyl sites for hydroxylation is 2. The molecule has 152 valence electrons. The molecule has 4 nitrogen and oxygen atoms in total. The van der Waals surface area contributed by atoms with Gasteiger partial charge in [-0.25, -0.2) is 0 Å². The molecule has 3 rings (SSSR count). The molecule has 0 fully saturated rings. The van der Waals surface area contributed by atoms with E-state index < -0.39 is 0 Å². The molecule has 0 aliphatic carbocycles. The molecule has 0 unspecified atom stereocenters. The molecule has 2 aromatic carbocycles. The molecule has 3 aromatic rings. The first kappa shape index (κ1) is 20.7. The fraction of sp³-hybridized carbons (Fsp3) is 0.320. The van der Waals surface area contributed by atoms with Crippen LogP contribution >= 0.6 is 0 Å². The SMILES string of the molecule is CCOc1c(/C(C)=C/C(=O)NC(C)C)cc2c(-c3ccc(C)cc3)coc2c1C. The van der Waals surface area contributed by atoms with Crippen molar-refractivity contribution >= 4 is 22.4 Å². The van der Waals surface area contributed by atoms with Gasteiger partial charge in [-0.1, -0.05) is 29.8 Å². The molecule has 0 spiro atoms. The predicted octanol–water partition coefficient (Wildman–Crippen LogP) is 6.04. The number of benzene rings is 2. The smallest absolute Gasteiger partial charge is 0.244 e. The fourth-order valence-electron chi connectivity index (χ4n) is 3.50. The van der Waals surface area contributed by atoms with Crippen LogP contribution in [0.4, 0.5) is 0 Å². The number of carbonyl (C=O) groups is 1. The first-order valence-corrected chi connectivity index (χ1v) is 10.1. The van der Waals surface area contributed by atoms with E-state index in [2.05, 4.69) is 42.6 Å². The van der Waals surface area contributed by atoms with Crippen LogP contribution in [0.15, 0.2) is 47.1 Å². The quantitative estimate of drug-likeness (QED) is 0.521. The maximum absolute atomic E-state index is 12.3. The summed E-state index contributed by atoms with van der Waals surface area (Å²) in [5, 5.41) is 3.93. The van der Waals surface area contributed by atoms with Crippen molar-refractivity contribution in [3.05, 3.63) is 59.4 Å². The summed E-state index contributed by atoms with van der Waals surface area (Å²) in [4.78, 5) is 12.3. The lowest BCUT2D eigenvalue weighted by Crippen LogP contribution is -2.28. The van der Waals surface area contributed by atoms with Gasteiger partial charge in [0.05, 0.1) is 12.9 Å². The summed E-state index contributed by atoms with van der Waals surface area (Å²) in [6.07, 6.45) is 3.43. The number of nitrogens with one attached hydrogen (secondary N) is 1. The van der Waals surface area contributed by atoms with Gasteiger partial charge in [0.25, 0.3) is 0 Å². The highest BCUT2D eigenvalue weighted by molar-refractivity contribution is 6.01. The zero-order valence-electron chi connectivity index (χ0n) is 18.1. The molecule has 0 aliphatic heterocycles. The van der Waals surface area contributed by atoms with Crippen molar-refractivity contribution in [2.45, 2.75) is 47.6 Å². The number of amides is 1. The first-order valence-electron chi connectivity index (χ1n) is 10.1. The second-order valence-corrected chi connectivity index (χ2v) is 7.69. The van der Waals surface area contributed by atoms with Crippen molar-refractivity contribution in [3.63, 3.8) is 0 Å². The molecular formula is C25H29NO3. The van der Waals surface area contributed by atoms with E-state index in [1.165, 1.54) is 5.56 Å². The maximum Gasteiger partial charge on any atom is 0.244 e. The molecular weight excluding hydrogens is 362 g/mol. The minimum atomic E-state index is -0.108. The zero-order chi connectivity index (χ0) is 21.1. The maximum atomic E-state index is 12.3. The number of fused-ring (bicyclic) bond motifs is 1. The highest BCUT2D eigenvalue weighted by atomic mass is 16.5. The van der Waals surface area contributed by atoms with Gasteiger partial charge in [0, 0.05) is 34.2 Å². The van der Waals surface area contributed by atoms with Crippen molar-refractivity contribution < 1.29 is 13.9 Å². The van der Waals surface area contributed by atoms with Crippen LogP contribution in [0.3, 0.4) is 0 Å². The lowest BCUT2D eigenvalue weighted by atomic mass is 9.96. The molecule has 0 radical (unpaired) electrons. The van der Waals surface area contributed by atoms with Crippen LogP contribution in [-0.4, -0.2) is 18.6 Å². The van der Waals surface area contributed by atoms with Crippen LogP contribution in [0.1, 0.15) is 44.4 Å². The lowest BCUT2D eigenvalue weighted by Gasteiger charge is -2.15. The van der Waals surface area contributed by atoms with Gasteiger partial charge in [-0.2, -0.15) is 0 Å². The number of allylic oxidation sites excluding steroid dienone is 1. The minimum Gasteiger partial charge on any atom is -0.493 e. The molecule has 0 atom stereocenters. The average Bonchev–Trinajstić information content (AvgIpc) is 3.08. The Balaban J connectivity index is 2.18. The zero-order valence-corrected chi connectivity index (χ0v) is 18.1. The number of ether oxygens (including phenoxy) is 1. The Morgan fingerprint density at radius 3 is 2.52 bits per heavy atom. The number of hydrogen-bond donors (Lipinski definition) is 1. The van der Waals surface area contributed by atoms with Crippen LogP contribution in [0.2, 0.25) is 0 Å².